The van der Waals surface area contributed by atoms with Crippen molar-refractivity contribution in [2.45, 2.75) is 38.6 Å². The van der Waals surface area contributed by atoms with Crippen LogP contribution in [0, 0.1) is 5.92 Å². The third-order valence-electron chi connectivity index (χ3n) is 4.42. The number of hydrogen-bond donors (Lipinski definition) is 1. The molecule has 1 heterocycles. The van der Waals surface area contributed by atoms with Gasteiger partial charge in [-0.15, -0.1) is 5.10 Å². The van der Waals surface area contributed by atoms with E-state index in [-0.39, 0.29) is 11.9 Å². The summed E-state index contributed by atoms with van der Waals surface area (Å²) in [5.74, 6) is 0.156. The Morgan fingerprint density at radius 1 is 1.25 bits per heavy atom. The zero-order valence-corrected chi connectivity index (χ0v) is 13.8. The van der Waals surface area contributed by atoms with Crippen LogP contribution < -0.4 is 10.6 Å². The Balaban J connectivity index is 1.61. The quantitative estimate of drug-likeness (QED) is 0.668. The summed E-state index contributed by atoms with van der Waals surface area (Å²) in [6.45, 7) is 0.357. The van der Waals surface area contributed by atoms with Gasteiger partial charge < -0.3 is 5.73 Å². The summed E-state index contributed by atoms with van der Waals surface area (Å²) in [4.78, 5) is 22.1. The molecule has 7 nitrogen and oxygen atoms in total. The predicted octanol–water partition coefficient (Wildman–Crippen LogP) is 2.36. The fraction of sp³-hybridized carbons (Fsp3) is 0.471. The van der Waals surface area contributed by atoms with Crippen molar-refractivity contribution in [1.29, 1.82) is 0 Å². The SMILES string of the molecule is Cn1nnc(-c2ccc(OOC(=O)C3CCCCC3)cc2)c1CN. The molecule has 1 aromatic carbocycles. The smallest absolute Gasteiger partial charge is 0.325 e. The van der Waals surface area contributed by atoms with Crippen LogP contribution in [0.3, 0.4) is 0 Å². The van der Waals surface area contributed by atoms with Crippen molar-refractivity contribution < 1.29 is 14.6 Å². The number of hydrogen-bond acceptors (Lipinski definition) is 6. The molecule has 0 amide bonds. The molecule has 0 unspecified atom stereocenters. The third kappa shape index (κ3) is 3.56. The maximum atomic E-state index is 12.0. The standard InChI is InChI=1S/C17H22N4O3/c1-21-15(11-18)16(19-20-21)12-7-9-14(10-8-12)23-24-17(22)13-5-3-2-4-6-13/h7-10,13H,2-6,11,18H2,1H3. The highest BCUT2D eigenvalue weighted by atomic mass is 17.2. The van der Waals surface area contributed by atoms with E-state index in [4.69, 9.17) is 15.5 Å². The van der Waals surface area contributed by atoms with E-state index < -0.39 is 0 Å². The molecule has 0 atom stereocenters. The summed E-state index contributed by atoms with van der Waals surface area (Å²) in [6, 6.07) is 7.15. The molecule has 1 saturated carbocycles. The summed E-state index contributed by atoms with van der Waals surface area (Å²) in [5.41, 5.74) is 8.21. The van der Waals surface area contributed by atoms with Gasteiger partial charge in [0.25, 0.3) is 0 Å². The lowest BCUT2D eigenvalue weighted by atomic mass is 9.89. The first-order valence-corrected chi connectivity index (χ1v) is 8.26. The number of aryl methyl sites for hydroxylation is 1. The zero-order chi connectivity index (χ0) is 16.9. The molecule has 0 radical (unpaired) electrons. The monoisotopic (exact) mass is 330 g/mol. The van der Waals surface area contributed by atoms with Crippen LogP contribution in [-0.2, 0) is 23.3 Å². The van der Waals surface area contributed by atoms with Crippen molar-refractivity contribution >= 4 is 5.97 Å². The van der Waals surface area contributed by atoms with Gasteiger partial charge in [-0.05, 0) is 37.1 Å². The molecule has 2 aromatic rings. The van der Waals surface area contributed by atoms with Gasteiger partial charge in [-0.25, -0.2) is 4.79 Å². The molecular weight excluding hydrogens is 308 g/mol. The van der Waals surface area contributed by atoms with Gasteiger partial charge in [0.15, 0.2) is 5.75 Å². The van der Waals surface area contributed by atoms with Crippen LogP contribution in [-0.4, -0.2) is 21.0 Å². The molecule has 0 aliphatic heterocycles. The third-order valence-corrected chi connectivity index (χ3v) is 4.42. The number of rotatable bonds is 5. The van der Waals surface area contributed by atoms with E-state index in [1.165, 1.54) is 6.42 Å². The van der Waals surface area contributed by atoms with Crippen LogP contribution in [0.15, 0.2) is 24.3 Å². The molecule has 1 aliphatic rings. The molecule has 0 bridgehead atoms. The Labute approximate surface area is 140 Å². The van der Waals surface area contributed by atoms with Crippen LogP contribution >= 0.6 is 0 Å². The minimum absolute atomic E-state index is 0.0373. The molecule has 7 heteroatoms. The first-order chi connectivity index (χ1) is 11.7. The number of carbonyl (C=O) groups excluding carboxylic acids is 1. The van der Waals surface area contributed by atoms with Crippen molar-refractivity contribution in [3.63, 3.8) is 0 Å². The fourth-order valence-electron chi connectivity index (χ4n) is 2.99. The van der Waals surface area contributed by atoms with Gasteiger partial charge in [0.1, 0.15) is 5.69 Å². The highest BCUT2D eigenvalue weighted by Crippen LogP contribution is 2.26. The average molecular weight is 330 g/mol. The number of carbonyl (C=O) groups is 1. The summed E-state index contributed by atoms with van der Waals surface area (Å²) in [6.07, 6.45) is 5.12. The van der Waals surface area contributed by atoms with Gasteiger partial charge in [0.2, 0.25) is 0 Å². The predicted molar refractivity (Wildman–Crippen MR) is 87.6 cm³/mol. The lowest BCUT2D eigenvalue weighted by Crippen LogP contribution is -2.21. The number of benzene rings is 1. The van der Waals surface area contributed by atoms with Crippen LogP contribution in [0.2, 0.25) is 0 Å². The number of nitrogens with two attached hydrogens (primary N) is 1. The van der Waals surface area contributed by atoms with Crippen molar-refractivity contribution in [2.75, 3.05) is 0 Å². The first-order valence-electron chi connectivity index (χ1n) is 8.26. The van der Waals surface area contributed by atoms with Gasteiger partial charge in [-0.2, -0.15) is 0 Å². The van der Waals surface area contributed by atoms with Gasteiger partial charge >= 0.3 is 5.97 Å². The molecule has 24 heavy (non-hydrogen) atoms. The Kier molecular flexibility index (Phi) is 5.10. The summed E-state index contributed by atoms with van der Waals surface area (Å²) in [7, 11) is 1.81. The average Bonchev–Trinajstić information content (AvgIpc) is 3.01. The molecule has 1 aliphatic carbocycles. The second-order valence-corrected chi connectivity index (χ2v) is 6.06. The van der Waals surface area contributed by atoms with E-state index in [1.807, 2.05) is 12.1 Å². The molecule has 128 valence electrons. The molecule has 0 saturated heterocycles. The molecule has 2 N–H and O–H groups in total. The van der Waals surface area contributed by atoms with Crippen LogP contribution in [0.4, 0.5) is 0 Å². The Morgan fingerprint density at radius 3 is 2.62 bits per heavy atom. The maximum absolute atomic E-state index is 12.0. The van der Waals surface area contributed by atoms with Crippen molar-refractivity contribution in [2.24, 2.45) is 18.7 Å². The number of aromatic nitrogens is 3. The molecule has 3 rings (SSSR count). The zero-order valence-electron chi connectivity index (χ0n) is 13.8. The van der Waals surface area contributed by atoms with E-state index in [2.05, 4.69) is 10.3 Å². The van der Waals surface area contributed by atoms with Crippen LogP contribution in [0.1, 0.15) is 37.8 Å². The number of nitrogens with zero attached hydrogens (tertiary/aromatic N) is 3. The van der Waals surface area contributed by atoms with Gasteiger partial charge in [0.05, 0.1) is 11.6 Å². The Hall–Kier alpha value is -2.41. The highest BCUT2D eigenvalue weighted by Gasteiger charge is 2.24. The highest BCUT2D eigenvalue weighted by molar-refractivity contribution is 5.72. The van der Waals surface area contributed by atoms with Gasteiger partial charge in [-0.1, -0.05) is 24.5 Å². The van der Waals surface area contributed by atoms with E-state index in [1.54, 1.807) is 23.9 Å². The fourth-order valence-corrected chi connectivity index (χ4v) is 2.99. The van der Waals surface area contributed by atoms with Crippen molar-refractivity contribution in [3.05, 3.63) is 30.0 Å². The van der Waals surface area contributed by atoms with Gasteiger partial charge in [-0.3, -0.25) is 14.5 Å². The van der Waals surface area contributed by atoms with E-state index >= 15 is 0 Å². The Bertz CT molecular complexity index is 690. The lowest BCUT2D eigenvalue weighted by molar-refractivity contribution is -0.219. The molecule has 0 spiro atoms. The second kappa shape index (κ2) is 7.44. The summed E-state index contributed by atoms with van der Waals surface area (Å²) >= 11 is 0. The minimum atomic E-state index is -0.280. The minimum Gasteiger partial charge on any atom is -0.325 e. The van der Waals surface area contributed by atoms with Crippen molar-refractivity contribution in [1.82, 2.24) is 15.0 Å². The van der Waals surface area contributed by atoms with E-state index in [9.17, 15) is 4.79 Å². The Morgan fingerprint density at radius 2 is 1.96 bits per heavy atom. The summed E-state index contributed by atoms with van der Waals surface area (Å²) < 4.78 is 1.66. The van der Waals surface area contributed by atoms with Crippen LogP contribution in [0.5, 0.6) is 5.75 Å². The van der Waals surface area contributed by atoms with Crippen molar-refractivity contribution in [3.8, 4) is 17.0 Å². The first kappa shape index (κ1) is 16.4. The molecular formula is C17H22N4O3. The van der Waals surface area contributed by atoms with E-state index in [0.717, 1.165) is 42.6 Å². The van der Waals surface area contributed by atoms with E-state index in [0.29, 0.717) is 12.3 Å². The van der Waals surface area contributed by atoms with Gasteiger partial charge in [0, 0.05) is 19.2 Å². The second-order valence-electron chi connectivity index (χ2n) is 6.06. The summed E-state index contributed by atoms with van der Waals surface area (Å²) in [5, 5.41) is 8.11. The molecule has 1 aromatic heterocycles. The van der Waals surface area contributed by atoms with Crippen LogP contribution in [0.25, 0.3) is 11.3 Å². The largest absolute Gasteiger partial charge is 0.358 e. The molecule has 1 fully saturated rings. The lowest BCUT2D eigenvalue weighted by Gasteiger charge is -2.18. The maximum Gasteiger partial charge on any atom is 0.358 e. The topological polar surface area (TPSA) is 92.3 Å². The normalized spacial score (nSPS) is 15.2.